The minimum Gasteiger partial charge on any atom is -0.481 e. The Hall–Kier alpha value is -0.990. The molecule has 0 aromatic carbocycles. The molecule has 0 radical (unpaired) electrons. The third-order valence-electron chi connectivity index (χ3n) is 13.8. The second kappa shape index (κ2) is 8.03. The molecule has 0 aromatic rings. The molecule has 4 fully saturated rings. The van der Waals surface area contributed by atoms with Crippen LogP contribution in [-0.4, -0.2) is 67.1 Å². The lowest BCUT2D eigenvalue weighted by Gasteiger charge is -2.72. The molecular formula is C30H48O7. The number of rotatable bonds is 3. The van der Waals surface area contributed by atoms with Gasteiger partial charge in [0.15, 0.2) is 0 Å². The molecular weight excluding hydrogens is 472 g/mol. The second-order valence-electron chi connectivity index (χ2n) is 14.7. The number of aliphatic carboxylic acids is 1. The van der Waals surface area contributed by atoms with Crippen LogP contribution in [0.4, 0.5) is 0 Å². The molecule has 5 aliphatic rings. The summed E-state index contributed by atoms with van der Waals surface area (Å²) in [5.74, 6) is -1.25. The normalized spacial score (nSPS) is 57.3. The van der Waals surface area contributed by atoms with Crippen molar-refractivity contribution >= 4 is 5.97 Å². The average Bonchev–Trinajstić information content (AvgIpc) is 2.84. The molecule has 5 aliphatic carbocycles. The van der Waals surface area contributed by atoms with Gasteiger partial charge in [-0.15, -0.1) is 0 Å². The number of carboxylic acids is 1. The molecule has 0 bridgehead atoms. The first kappa shape index (κ1) is 27.6. The standard InChI is InChI=1S/C30H48O7/c1-24-10-9-21(33)25(2,16-31)19(24)8-11-27(4)20(24)7-6-18-22-28(5,36)30(37,17-32)15-14-29(22,23(34)35)13-12-26(18,27)3/h6,19-22,31-33,36-37H,7-17H2,1-5H3,(H,34,35). The van der Waals surface area contributed by atoms with Gasteiger partial charge in [-0.05, 0) is 92.8 Å². The third kappa shape index (κ3) is 3.04. The summed E-state index contributed by atoms with van der Waals surface area (Å²) in [7, 11) is 0. The van der Waals surface area contributed by atoms with Crippen LogP contribution in [0.1, 0.15) is 92.4 Å². The van der Waals surface area contributed by atoms with Crippen molar-refractivity contribution in [1.82, 2.24) is 0 Å². The monoisotopic (exact) mass is 520 g/mol. The summed E-state index contributed by atoms with van der Waals surface area (Å²) in [6, 6.07) is 0. The zero-order valence-electron chi connectivity index (χ0n) is 23.3. The van der Waals surface area contributed by atoms with Gasteiger partial charge in [-0.2, -0.15) is 0 Å². The Bertz CT molecular complexity index is 1010. The maximum atomic E-state index is 12.9. The van der Waals surface area contributed by atoms with Gasteiger partial charge in [0.2, 0.25) is 0 Å². The van der Waals surface area contributed by atoms with E-state index in [-0.39, 0.29) is 47.5 Å². The van der Waals surface area contributed by atoms with E-state index in [1.807, 2.05) is 6.92 Å². The van der Waals surface area contributed by atoms with Gasteiger partial charge in [0.25, 0.3) is 0 Å². The van der Waals surface area contributed by atoms with Crippen molar-refractivity contribution in [1.29, 1.82) is 0 Å². The average molecular weight is 521 g/mol. The Labute approximate surface area is 221 Å². The summed E-state index contributed by atoms with van der Waals surface area (Å²) in [6.45, 7) is 9.83. The van der Waals surface area contributed by atoms with Crippen molar-refractivity contribution in [2.75, 3.05) is 13.2 Å². The van der Waals surface area contributed by atoms with Crippen molar-refractivity contribution in [3.8, 4) is 0 Å². The van der Waals surface area contributed by atoms with E-state index in [0.29, 0.717) is 19.3 Å². The van der Waals surface area contributed by atoms with Crippen LogP contribution < -0.4 is 0 Å². The van der Waals surface area contributed by atoms with Crippen LogP contribution in [0, 0.1) is 44.8 Å². The fourth-order valence-electron chi connectivity index (χ4n) is 11.0. The second-order valence-corrected chi connectivity index (χ2v) is 14.7. The molecule has 0 heterocycles. The lowest BCUT2D eigenvalue weighted by molar-refractivity contribution is -0.257. The number of carboxylic acid groups (broad SMARTS) is 1. The summed E-state index contributed by atoms with van der Waals surface area (Å²) in [5.41, 5.74) is -4.97. The highest BCUT2D eigenvalue weighted by Crippen LogP contribution is 2.76. The molecule has 0 spiro atoms. The zero-order chi connectivity index (χ0) is 27.4. The van der Waals surface area contributed by atoms with Crippen molar-refractivity contribution in [2.24, 2.45) is 44.8 Å². The Kier molecular flexibility index (Phi) is 5.98. The predicted molar refractivity (Wildman–Crippen MR) is 138 cm³/mol. The highest BCUT2D eigenvalue weighted by atomic mass is 16.4. The molecule has 210 valence electrons. The van der Waals surface area contributed by atoms with Gasteiger partial charge in [0.1, 0.15) is 11.2 Å². The van der Waals surface area contributed by atoms with Gasteiger partial charge in [-0.1, -0.05) is 39.3 Å². The fraction of sp³-hybridized carbons (Fsp3) is 0.900. The zero-order valence-corrected chi connectivity index (χ0v) is 23.3. The van der Waals surface area contributed by atoms with Gasteiger partial charge in [-0.25, -0.2) is 0 Å². The maximum absolute atomic E-state index is 12.9. The first-order valence-electron chi connectivity index (χ1n) is 14.3. The molecule has 7 nitrogen and oxygen atoms in total. The number of allylic oxidation sites excluding steroid dienone is 1. The minimum absolute atomic E-state index is 0.0397. The highest BCUT2D eigenvalue weighted by molar-refractivity contribution is 5.77. The number of fused-ring (bicyclic) bond motifs is 7. The molecule has 37 heavy (non-hydrogen) atoms. The number of aliphatic hydroxyl groups excluding tert-OH is 3. The van der Waals surface area contributed by atoms with Crippen molar-refractivity contribution < 1.29 is 35.4 Å². The summed E-state index contributed by atoms with van der Waals surface area (Å²) in [6.07, 6.45) is 7.11. The molecule has 4 saturated carbocycles. The van der Waals surface area contributed by atoms with Crippen molar-refractivity contribution in [2.45, 2.75) is 110 Å². The topological polar surface area (TPSA) is 138 Å². The van der Waals surface area contributed by atoms with Crippen LogP contribution in [0.15, 0.2) is 11.6 Å². The highest BCUT2D eigenvalue weighted by Gasteiger charge is 2.73. The molecule has 0 saturated heterocycles. The van der Waals surface area contributed by atoms with Crippen LogP contribution in [0.2, 0.25) is 0 Å². The molecule has 7 heteroatoms. The first-order chi connectivity index (χ1) is 17.0. The van der Waals surface area contributed by atoms with Crippen LogP contribution in [0.3, 0.4) is 0 Å². The van der Waals surface area contributed by atoms with E-state index in [2.05, 4.69) is 26.8 Å². The smallest absolute Gasteiger partial charge is 0.310 e. The molecule has 6 N–H and O–H groups in total. The minimum atomic E-state index is -1.79. The molecule has 11 unspecified atom stereocenters. The van der Waals surface area contributed by atoms with Crippen LogP contribution >= 0.6 is 0 Å². The van der Waals surface area contributed by atoms with E-state index in [4.69, 9.17) is 0 Å². The van der Waals surface area contributed by atoms with Gasteiger partial charge in [0, 0.05) is 11.3 Å². The lowest BCUT2D eigenvalue weighted by atomic mass is 9.33. The van der Waals surface area contributed by atoms with Crippen LogP contribution in [0.25, 0.3) is 0 Å². The van der Waals surface area contributed by atoms with Crippen LogP contribution in [-0.2, 0) is 4.79 Å². The predicted octanol–water partition coefficient (Wildman–Crippen LogP) is 3.26. The van der Waals surface area contributed by atoms with E-state index in [9.17, 15) is 35.4 Å². The quantitative estimate of drug-likeness (QED) is 0.314. The molecule has 11 atom stereocenters. The Morgan fingerprint density at radius 2 is 1.54 bits per heavy atom. The van der Waals surface area contributed by atoms with Gasteiger partial charge >= 0.3 is 5.97 Å². The van der Waals surface area contributed by atoms with E-state index < -0.39 is 46.6 Å². The van der Waals surface area contributed by atoms with Gasteiger partial charge in [0.05, 0.1) is 24.7 Å². The van der Waals surface area contributed by atoms with E-state index >= 15 is 0 Å². The number of carbonyl (C=O) groups is 1. The summed E-state index contributed by atoms with van der Waals surface area (Å²) >= 11 is 0. The summed E-state index contributed by atoms with van der Waals surface area (Å²) in [4.78, 5) is 12.9. The van der Waals surface area contributed by atoms with Gasteiger partial charge < -0.3 is 30.6 Å². The Morgan fingerprint density at radius 3 is 2.14 bits per heavy atom. The SMILES string of the molecule is CC1(CO)C(O)CCC2(C)C1CCC1(C)C2CC=C2C3C(C(=O)O)(CCC(O)(CO)C3(C)O)CCC21C. The molecule has 0 aromatic heterocycles. The fourth-order valence-corrected chi connectivity index (χ4v) is 11.0. The summed E-state index contributed by atoms with van der Waals surface area (Å²) < 4.78 is 0. The van der Waals surface area contributed by atoms with Gasteiger partial charge in [-0.3, -0.25) is 4.79 Å². The summed E-state index contributed by atoms with van der Waals surface area (Å²) in [5, 5.41) is 65.3. The van der Waals surface area contributed by atoms with Crippen molar-refractivity contribution in [3.63, 3.8) is 0 Å². The first-order valence-corrected chi connectivity index (χ1v) is 14.3. The Morgan fingerprint density at radius 1 is 0.892 bits per heavy atom. The molecule has 0 amide bonds. The Balaban J connectivity index is 1.65. The molecule has 0 aliphatic heterocycles. The van der Waals surface area contributed by atoms with E-state index in [1.165, 1.54) is 6.92 Å². The third-order valence-corrected chi connectivity index (χ3v) is 13.8. The lowest BCUT2D eigenvalue weighted by Crippen LogP contribution is -2.72. The number of hydrogen-bond donors (Lipinski definition) is 6. The maximum Gasteiger partial charge on any atom is 0.310 e. The number of hydrogen-bond acceptors (Lipinski definition) is 6. The van der Waals surface area contributed by atoms with Crippen molar-refractivity contribution in [3.05, 3.63) is 11.6 Å². The number of aliphatic hydroxyl groups is 5. The van der Waals surface area contributed by atoms with E-state index in [0.717, 1.165) is 31.3 Å². The van der Waals surface area contributed by atoms with E-state index in [1.54, 1.807) is 0 Å². The largest absolute Gasteiger partial charge is 0.481 e. The van der Waals surface area contributed by atoms with Crippen LogP contribution in [0.5, 0.6) is 0 Å². The molecule has 5 rings (SSSR count).